The average Bonchev–Trinajstić information content (AvgIpc) is 3.26. The van der Waals surface area contributed by atoms with E-state index in [9.17, 15) is 4.79 Å². The van der Waals surface area contributed by atoms with Crippen LogP contribution >= 0.6 is 34.5 Å². The maximum absolute atomic E-state index is 12.5. The van der Waals surface area contributed by atoms with Crippen LogP contribution in [0.1, 0.15) is 41.0 Å². The number of hydrogen-bond donors (Lipinski definition) is 1. The number of unbranched alkanes of at least 4 members (excludes halogenated alkanes) is 1. The van der Waals surface area contributed by atoms with Crippen LogP contribution in [0.5, 0.6) is 0 Å². The van der Waals surface area contributed by atoms with E-state index < -0.39 is 0 Å². The van der Waals surface area contributed by atoms with Crippen LogP contribution in [-0.2, 0) is 0 Å². The molecular formula is C19H23Cl2N3OS. The number of amides is 1. The summed E-state index contributed by atoms with van der Waals surface area (Å²) in [4.78, 5) is 20.1. The summed E-state index contributed by atoms with van der Waals surface area (Å²) in [6, 6.07) is 5.39. The number of carbonyl (C=O) groups excluding carboxylic acids is 1. The molecule has 3 rings (SSSR count). The average molecular weight is 412 g/mol. The Bertz CT molecular complexity index is 772. The minimum atomic E-state index is -0.0486. The molecule has 140 valence electrons. The monoisotopic (exact) mass is 411 g/mol. The third kappa shape index (κ3) is 4.97. The minimum absolute atomic E-state index is 0.0486. The highest BCUT2D eigenvalue weighted by atomic mass is 35.5. The molecule has 4 nitrogen and oxygen atoms in total. The first kappa shape index (κ1) is 19.6. The molecule has 0 radical (unpaired) electrons. The van der Waals surface area contributed by atoms with Gasteiger partial charge in [0.1, 0.15) is 9.88 Å². The fraction of sp³-hybridized carbons (Fsp3) is 0.474. The number of aromatic nitrogens is 1. The van der Waals surface area contributed by atoms with E-state index in [0.29, 0.717) is 21.5 Å². The number of hydrogen-bond acceptors (Lipinski definition) is 4. The summed E-state index contributed by atoms with van der Waals surface area (Å²) < 4.78 is 0. The molecule has 1 fully saturated rings. The number of thiazole rings is 1. The van der Waals surface area contributed by atoms with Gasteiger partial charge in [-0.15, -0.1) is 11.3 Å². The van der Waals surface area contributed by atoms with Crippen molar-refractivity contribution in [2.45, 2.75) is 32.6 Å². The lowest BCUT2D eigenvalue weighted by Gasteiger charge is -2.13. The van der Waals surface area contributed by atoms with Crippen molar-refractivity contribution >= 4 is 40.4 Å². The van der Waals surface area contributed by atoms with E-state index in [0.717, 1.165) is 35.7 Å². The van der Waals surface area contributed by atoms with Gasteiger partial charge in [0, 0.05) is 12.1 Å². The first-order chi connectivity index (χ1) is 12.5. The van der Waals surface area contributed by atoms with Gasteiger partial charge in [-0.2, -0.15) is 0 Å². The summed E-state index contributed by atoms with van der Waals surface area (Å²) in [7, 11) is 0. The number of benzene rings is 1. The first-order valence-corrected chi connectivity index (χ1v) is 10.6. The van der Waals surface area contributed by atoms with Crippen molar-refractivity contribution in [3.05, 3.63) is 38.8 Å². The summed E-state index contributed by atoms with van der Waals surface area (Å²) in [5.41, 5.74) is 1.61. The van der Waals surface area contributed by atoms with Crippen molar-refractivity contribution in [1.82, 2.24) is 15.2 Å². The van der Waals surface area contributed by atoms with Gasteiger partial charge in [0.25, 0.3) is 5.91 Å². The maximum Gasteiger partial charge on any atom is 0.263 e. The molecule has 0 unspecified atom stereocenters. The molecule has 2 aromatic rings. The predicted molar refractivity (Wildman–Crippen MR) is 110 cm³/mol. The molecule has 7 heteroatoms. The zero-order valence-corrected chi connectivity index (χ0v) is 17.2. The number of rotatable bonds is 7. The lowest BCUT2D eigenvalue weighted by Crippen LogP contribution is -2.26. The second-order valence-corrected chi connectivity index (χ2v) is 8.39. The quantitative estimate of drug-likeness (QED) is 0.649. The molecule has 0 aliphatic carbocycles. The number of nitrogens with one attached hydrogen (secondary N) is 1. The van der Waals surface area contributed by atoms with Crippen molar-refractivity contribution < 1.29 is 4.79 Å². The van der Waals surface area contributed by atoms with Crippen LogP contribution in [0.3, 0.4) is 0 Å². The summed E-state index contributed by atoms with van der Waals surface area (Å²) >= 11 is 13.4. The van der Waals surface area contributed by atoms with Crippen molar-refractivity contribution in [3.63, 3.8) is 0 Å². The minimum Gasteiger partial charge on any atom is -0.351 e. The fourth-order valence-electron chi connectivity index (χ4n) is 3.11. The van der Waals surface area contributed by atoms with E-state index in [1.165, 1.54) is 37.3 Å². The van der Waals surface area contributed by atoms with E-state index in [2.05, 4.69) is 15.2 Å². The Morgan fingerprint density at radius 3 is 2.73 bits per heavy atom. The maximum atomic E-state index is 12.5. The summed E-state index contributed by atoms with van der Waals surface area (Å²) in [5, 5.41) is 4.79. The molecule has 0 saturated carbocycles. The Morgan fingerprint density at radius 2 is 2.00 bits per heavy atom. The lowest BCUT2D eigenvalue weighted by molar-refractivity contribution is 0.0956. The van der Waals surface area contributed by atoms with E-state index in [4.69, 9.17) is 23.2 Å². The van der Waals surface area contributed by atoms with Gasteiger partial charge in [0.05, 0.1) is 15.7 Å². The van der Waals surface area contributed by atoms with Crippen LogP contribution in [0.25, 0.3) is 10.6 Å². The van der Waals surface area contributed by atoms with E-state index in [1.807, 2.05) is 13.0 Å². The molecule has 0 spiro atoms. The highest BCUT2D eigenvalue weighted by molar-refractivity contribution is 7.17. The Hall–Kier alpha value is -1.14. The van der Waals surface area contributed by atoms with Gasteiger partial charge >= 0.3 is 0 Å². The molecule has 2 heterocycles. The van der Waals surface area contributed by atoms with Crippen LogP contribution in [-0.4, -0.2) is 42.0 Å². The normalized spacial score (nSPS) is 14.7. The molecule has 0 atom stereocenters. The summed E-state index contributed by atoms with van der Waals surface area (Å²) in [5.74, 6) is -0.0486. The van der Waals surface area contributed by atoms with Crippen LogP contribution in [0.15, 0.2) is 18.2 Å². The Kier molecular flexibility index (Phi) is 6.92. The van der Waals surface area contributed by atoms with Gasteiger partial charge in [-0.05, 0) is 64.4 Å². The first-order valence-electron chi connectivity index (χ1n) is 8.98. The Balaban J connectivity index is 1.52. The molecule has 1 saturated heterocycles. The molecule has 0 bridgehead atoms. The highest BCUT2D eigenvalue weighted by Gasteiger charge is 2.16. The van der Waals surface area contributed by atoms with Gasteiger partial charge in [-0.3, -0.25) is 4.79 Å². The highest BCUT2D eigenvalue weighted by Crippen LogP contribution is 2.32. The number of carbonyl (C=O) groups is 1. The second kappa shape index (κ2) is 9.18. The smallest absolute Gasteiger partial charge is 0.263 e. The fourth-order valence-corrected chi connectivity index (χ4v) is 4.39. The zero-order chi connectivity index (χ0) is 18.5. The van der Waals surface area contributed by atoms with Crippen LogP contribution < -0.4 is 5.32 Å². The molecule has 1 aromatic carbocycles. The van der Waals surface area contributed by atoms with Crippen LogP contribution in [0.4, 0.5) is 0 Å². The number of aryl methyl sites for hydroxylation is 1. The van der Waals surface area contributed by atoms with E-state index in [1.54, 1.807) is 12.1 Å². The van der Waals surface area contributed by atoms with Gasteiger partial charge in [-0.1, -0.05) is 29.3 Å². The van der Waals surface area contributed by atoms with Gasteiger partial charge in [0.15, 0.2) is 0 Å². The second-order valence-electron chi connectivity index (χ2n) is 6.57. The summed E-state index contributed by atoms with van der Waals surface area (Å²) in [6.07, 6.45) is 4.77. The number of likely N-dealkylation sites (tertiary alicyclic amines) is 1. The van der Waals surface area contributed by atoms with Gasteiger partial charge in [0.2, 0.25) is 0 Å². The topological polar surface area (TPSA) is 45.2 Å². The Morgan fingerprint density at radius 1 is 1.23 bits per heavy atom. The molecule has 1 aromatic heterocycles. The van der Waals surface area contributed by atoms with Crippen molar-refractivity contribution in [2.75, 3.05) is 26.2 Å². The molecular weight excluding hydrogens is 389 g/mol. The SMILES string of the molecule is Cc1nc(-c2ccc(Cl)c(Cl)c2)sc1C(=O)NCCCCN1CCCC1. The van der Waals surface area contributed by atoms with Crippen molar-refractivity contribution in [2.24, 2.45) is 0 Å². The largest absolute Gasteiger partial charge is 0.351 e. The number of nitrogens with zero attached hydrogens (tertiary/aromatic N) is 2. The standard InChI is InChI=1S/C19H23Cl2N3OS/c1-13-17(18(25)22-8-2-3-9-24-10-4-5-11-24)26-19(23-13)14-6-7-15(20)16(21)12-14/h6-7,12H,2-5,8-11H2,1H3,(H,22,25). The van der Waals surface area contributed by atoms with Crippen molar-refractivity contribution in [1.29, 1.82) is 0 Å². The van der Waals surface area contributed by atoms with E-state index in [-0.39, 0.29) is 5.91 Å². The summed E-state index contributed by atoms with van der Waals surface area (Å²) in [6.45, 7) is 6.15. The van der Waals surface area contributed by atoms with Crippen LogP contribution in [0.2, 0.25) is 10.0 Å². The molecule has 1 aliphatic heterocycles. The lowest BCUT2D eigenvalue weighted by atomic mass is 10.2. The van der Waals surface area contributed by atoms with Crippen LogP contribution in [0, 0.1) is 6.92 Å². The Labute approximate surface area is 168 Å². The number of halogens is 2. The third-order valence-corrected chi connectivity index (χ3v) is 6.50. The predicted octanol–water partition coefficient (Wildman–Crippen LogP) is 5.03. The van der Waals surface area contributed by atoms with Gasteiger partial charge in [-0.25, -0.2) is 4.98 Å². The molecule has 1 N–H and O–H groups in total. The third-order valence-electron chi connectivity index (χ3n) is 4.55. The van der Waals surface area contributed by atoms with Crippen molar-refractivity contribution in [3.8, 4) is 10.6 Å². The molecule has 1 amide bonds. The molecule has 1 aliphatic rings. The molecule has 26 heavy (non-hydrogen) atoms. The van der Waals surface area contributed by atoms with E-state index >= 15 is 0 Å². The van der Waals surface area contributed by atoms with Gasteiger partial charge < -0.3 is 10.2 Å². The zero-order valence-electron chi connectivity index (χ0n) is 14.9.